The van der Waals surface area contributed by atoms with Crippen LogP contribution in [0.3, 0.4) is 0 Å². The lowest BCUT2D eigenvalue weighted by Gasteiger charge is -2.15. The zero-order valence-electron chi connectivity index (χ0n) is 16.7. The molecule has 3 heteroatoms. The van der Waals surface area contributed by atoms with Crippen molar-refractivity contribution < 1.29 is 0 Å². The van der Waals surface area contributed by atoms with Gasteiger partial charge < -0.3 is 5.32 Å². The molecule has 0 aliphatic rings. The fraction of sp³-hybridized carbons (Fsp3) is 0. The van der Waals surface area contributed by atoms with E-state index in [2.05, 4.69) is 123 Å². The van der Waals surface area contributed by atoms with Crippen molar-refractivity contribution in [3.8, 4) is 5.69 Å². The first-order valence-electron chi connectivity index (χ1n) is 10.3. The van der Waals surface area contributed by atoms with Crippen molar-refractivity contribution in [1.82, 2.24) is 4.57 Å². The lowest BCUT2D eigenvalue weighted by molar-refractivity contribution is 1.13. The standard InChI is InChI=1S/C28H19BrN2/c29-25-16-8-9-17-26(25)30-27-18-24-22-14-5-4-12-20(22)21-13-6-7-15-23(21)28(24)31(27)19-10-2-1-3-11-19/h1-18,30H. The van der Waals surface area contributed by atoms with Crippen LogP contribution in [0, 0.1) is 0 Å². The van der Waals surface area contributed by atoms with Gasteiger partial charge in [0.15, 0.2) is 0 Å². The van der Waals surface area contributed by atoms with Gasteiger partial charge in [-0.1, -0.05) is 78.9 Å². The van der Waals surface area contributed by atoms with E-state index in [-0.39, 0.29) is 0 Å². The minimum atomic E-state index is 1.04. The van der Waals surface area contributed by atoms with E-state index >= 15 is 0 Å². The van der Waals surface area contributed by atoms with Gasteiger partial charge in [0.2, 0.25) is 0 Å². The van der Waals surface area contributed by atoms with E-state index < -0.39 is 0 Å². The van der Waals surface area contributed by atoms with Gasteiger partial charge in [0.05, 0.1) is 11.2 Å². The van der Waals surface area contributed by atoms with Gasteiger partial charge in [-0.15, -0.1) is 0 Å². The summed E-state index contributed by atoms with van der Waals surface area (Å²) in [6, 6.07) is 38.4. The van der Waals surface area contributed by atoms with E-state index in [9.17, 15) is 0 Å². The number of para-hydroxylation sites is 2. The molecule has 148 valence electrons. The Morgan fingerprint density at radius 3 is 1.81 bits per heavy atom. The summed E-state index contributed by atoms with van der Waals surface area (Å²) < 4.78 is 3.37. The zero-order chi connectivity index (χ0) is 20.8. The number of aromatic nitrogens is 1. The Bertz CT molecular complexity index is 1560. The molecule has 0 spiro atoms. The van der Waals surface area contributed by atoms with Gasteiger partial charge >= 0.3 is 0 Å². The fourth-order valence-corrected chi connectivity index (χ4v) is 4.88. The quantitative estimate of drug-likeness (QED) is 0.261. The van der Waals surface area contributed by atoms with Crippen molar-refractivity contribution in [2.24, 2.45) is 0 Å². The van der Waals surface area contributed by atoms with Crippen LogP contribution in [0.15, 0.2) is 114 Å². The Morgan fingerprint density at radius 2 is 1.10 bits per heavy atom. The van der Waals surface area contributed by atoms with Crippen LogP contribution < -0.4 is 5.32 Å². The summed E-state index contributed by atoms with van der Waals surface area (Å²) in [7, 11) is 0. The summed E-state index contributed by atoms with van der Waals surface area (Å²) in [4.78, 5) is 0. The summed E-state index contributed by atoms with van der Waals surface area (Å²) in [5.41, 5.74) is 3.39. The molecule has 0 fully saturated rings. The lowest BCUT2D eigenvalue weighted by Crippen LogP contribution is -2.01. The highest BCUT2D eigenvalue weighted by Crippen LogP contribution is 2.40. The molecule has 0 aliphatic carbocycles. The highest BCUT2D eigenvalue weighted by Gasteiger charge is 2.17. The minimum absolute atomic E-state index is 1.04. The van der Waals surface area contributed by atoms with E-state index in [4.69, 9.17) is 0 Å². The molecule has 0 saturated carbocycles. The van der Waals surface area contributed by atoms with E-state index in [1.807, 2.05) is 12.1 Å². The highest BCUT2D eigenvalue weighted by atomic mass is 79.9. The summed E-state index contributed by atoms with van der Waals surface area (Å²) in [6.07, 6.45) is 0. The maximum absolute atomic E-state index is 3.69. The molecule has 0 aliphatic heterocycles. The van der Waals surface area contributed by atoms with Gasteiger partial charge in [0, 0.05) is 20.9 Å². The third-order valence-electron chi connectivity index (χ3n) is 5.84. The maximum Gasteiger partial charge on any atom is 0.116 e. The fourth-order valence-electron chi connectivity index (χ4n) is 4.50. The van der Waals surface area contributed by atoms with Crippen molar-refractivity contribution in [2.75, 3.05) is 5.32 Å². The van der Waals surface area contributed by atoms with E-state index in [0.717, 1.165) is 21.7 Å². The van der Waals surface area contributed by atoms with Crippen LogP contribution in [-0.4, -0.2) is 4.57 Å². The Kier molecular flexibility index (Phi) is 4.29. The summed E-state index contributed by atoms with van der Waals surface area (Å²) in [5, 5.41) is 9.98. The van der Waals surface area contributed by atoms with Crippen LogP contribution in [-0.2, 0) is 0 Å². The Labute approximate surface area is 188 Å². The molecule has 0 unspecified atom stereocenters. The van der Waals surface area contributed by atoms with Crippen LogP contribution in [0.25, 0.3) is 38.1 Å². The summed E-state index contributed by atoms with van der Waals surface area (Å²) >= 11 is 3.69. The average molecular weight is 463 g/mol. The first kappa shape index (κ1) is 18.2. The molecule has 0 saturated heterocycles. The van der Waals surface area contributed by atoms with Crippen molar-refractivity contribution >= 4 is 59.9 Å². The molecule has 1 N–H and O–H groups in total. The lowest BCUT2D eigenvalue weighted by atomic mass is 9.98. The number of nitrogens with zero attached hydrogens (tertiary/aromatic N) is 1. The zero-order valence-corrected chi connectivity index (χ0v) is 18.3. The van der Waals surface area contributed by atoms with Crippen LogP contribution in [0.2, 0.25) is 0 Å². The van der Waals surface area contributed by atoms with Gasteiger partial charge in [-0.05, 0) is 62.4 Å². The van der Waals surface area contributed by atoms with Crippen LogP contribution in [0.5, 0.6) is 0 Å². The molecule has 0 atom stereocenters. The second kappa shape index (κ2) is 7.29. The van der Waals surface area contributed by atoms with Crippen molar-refractivity contribution in [3.63, 3.8) is 0 Å². The third-order valence-corrected chi connectivity index (χ3v) is 6.53. The topological polar surface area (TPSA) is 17.0 Å². The predicted octanol–water partition coefficient (Wildman–Crippen LogP) is 8.44. The molecule has 31 heavy (non-hydrogen) atoms. The number of halogens is 1. The normalized spacial score (nSPS) is 11.4. The third kappa shape index (κ3) is 2.93. The van der Waals surface area contributed by atoms with Crippen LogP contribution in [0.1, 0.15) is 0 Å². The molecule has 0 amide bonds. The monoisotopic (exact) mass is 462 g/mol. The van der Waals surface area contributed by atoms with Crippen molar-refractivity contribution in [1.29, 1.82) is 0 Å². The SMILES string of the molecule is Brc1ccccc1Nc1cc2c3ccccc3c3ccccc3c2n1-c1ccccc1. The molecule has 0 bridgehead atoms. The van der Waals surface area contributed by atoms with E-state index in [1.54, 1.807) is 0 Å². The first-order valence-corrected chi connectivity index (χ1v) is 11.1. The summed E-state index contributed by atoms with van der Waals surface area (Å²) in [6.45, 7) is 0. The second-order valence-electron chi connectivity index (χ2n) is 7.66. The van der Waals surface area contributed by atoms with Crippen LogP contribution in [0.4, 0.5) is 11.5 Å². The van der Waals surface area contributed by atoms with Crippen LogP contribution >= 0.6 is 15.9 Å². The first-order chi connectivity index (χ1) is 15.3. The molecule has 6 rings (SSSR count). The number of rotatable bonds is 3. The number of fused-ring (bicyclic) bond motifs is 6. The smallest absolute Gasteiger partial charge is 0.116 e. The Hall–Kier alpha value is -3.56. The van der Waals surface area contributed by atoms with Gasteiger partial charge in [-0.3, -0.25) is 4.57 Å². The second-order valence-corrected chi connectivity index (χ2v) is 8.51. The Balaban J connectivity index is 1.78. The number of hydrogen-bond acceptors (Lipinski definition) is 1. The summed E-state index contributed by atoms with van der Waals surface area (Å²) in [5.74, 6) is 1.04. The largest absolute Gasteiger partial charge is 0.340 e. The van der Waals surface area contributed by atoms with E-state index in [0.29, 0.717) is 0 Å². The number of anilines is 2. The molecule has 1 aromatic heterocycles. The van der Waals surface area contributed by atoms with Crippen molar-refractivity contribution in [2.45, 2.75) is 0 Å². The average Bonchev–Trinajstić information content (AvgIpc) is 3.21. The highest BCUT2D eigenvalue weighted by molar-refractivity contribution is 9.10. The van der Waals surface area contributed by atoms with Gasteiger partial charge in [-0.25, -0.2) is 0 Å². The van der Waals surface area contributed by atoms with Gasteiger partial charge in [0.1, 0.15) is 5.82 Å². The molecule has 5 aromatic carbocycles. The number of nitrogens with one attached hydrogen (secondary N) is 1. The predicted molar refractivity (Wildman–Crippen MR) is 136 cm³/mol. The van der Waals surface area contributed by atoms with Gasteiger partial charge in [0.25, 0.3) is 0 Å². The molecular weight excluding hydrogens is 444 g/mol. The molecule has 2 nitrogen and oxygen atoms in total. The van der Waals surface area contributed by atoms with E-state index in [1.165, 1.54) is 32.4 Å². The minimum Gasteiger partial charge on any atom is -0.340 e. The number of hydrogen-bond donors (Lipinski definition) is 1. The molecule has 6 aromatic rings. The van der Waals surface area contributed by atoms with Gasteiger partial charge in [-0.2, -0.15) is 0 Å². The molecular formula is C28H19BrN2. The molecule has 1 heterocycles. The number of benzene rings is 5. The maximum atomic E-state index is 3.69. The van der Waals surface area contributed by atoms with Crippen molar-refractivity contribution in [3.05, 3.63) is 114 Å². The molecule has 0 radical (unpaired) electrons. The Morgan fingerprint density at radius 1 is 0.548 bits per heavy atom.